The Morgan fingerprint density at radius 1 is 0.957 bits per heavy atom. The number of aliphatic hydroxyl groups is 1. The predicted molar refractivity (Wildman–Crippen MR) is 90.1 cm³/mol. The minimum absolute atomic E-state index is 0.0897. The molecule has 4 bridgehead atoms. The number of hydrogen-bond donors (Lipinski definition) is 1. The van der Waals surface area contributed by atoms with Crippen molar-refractivity contribution in [1.82, 2.24) is 4.90 Å². The fourth-order valence-corrected chi connectivity index (χ4v) is 5.60. The lowest BCUT2D eigenvalue weighted by Gasteiger charge is -2.60. The second-order valence-electron chi connectivity index (χ2n) is 8.41. The topological polar surface area (TPSA) is 23.5 Å². The van der Waals surface area contributed by atoms with Gasteiger partial charge in [-0.2, -0.15) is 0 Å². The molecule has 0 radical (unpaired) electrons. The van der Waals surface area contributed by atoms with Crippen molar-refractivity contribution in [3.63, 3.8) is 0 Å². The summed E-state index contributed by atoms with van der Waals surface area (Å²) in [6.07, 6.45) is 2.73. The number of piperidine rings is 3. The van der Waals surface area contributed by atoms with Crippen LogP contribution in [0.1, 0.15) is 40.7 Å². The molecule has 2 nitrogen and oxygen atoms in total. The van der Waals surface area contributed by atoms with Crippen molar-refractivity contribution < 1.29 is 9.50 Å². The highest BCUT2D eigenvalue weighted by atomic mass is 19.1. The highest BCUT2D eigenvalue weighted by Gasteiger charge is 2.56. The van der Waals surface area contributed by atoms with E-state index in [2.05, 4.69) is 11.8 Å². The van der Waals surface area contributed by atoms with E-state index in [0.717, 1.165) is 54.1 Å². The van der Waals surface area contributed by atoms with Gasteiger partial charge in [0.1, 0.15) is 5.82 Å². The van der Waals surface area contributed by atoms with Gasteiger partial charge in [0.2, 0.25) is 0 Å². The maximum Gasteiger partial charge on any atom is 0.129 e. The van der Waals surface area contributed by atoms with Crippen LogP contribution in [0.15, 0.2) is 0 Å². The second kappa shape index (κ2) is 5.03. The molecule has 5 rings (SSSR count). The van der Waals surface area contributed by atoms with E-state index in [1.807, 2.05) is 20.8 Å². The Bertz CT molecular complexity index is 609. The molecule has 1 aromatic carbocycles. The van der Waals surface area contributed by atoms with Crippen LogP contribution in [-0.2, 0) is 6.42 Å². The van der Waals surface area contributed by atoms with E-state index >= 15 is 0 Å². The van der Waals surface area contributed by atoms with Crippen molar-refractivity contribution in [1.29, 1.82) is 0 Å². The van der Waals surface area contributed by atoms with Gasteiger partial charge in [-0.25, -0.2) is 4.39 Å². The van der Waals surface area contributed by atoms with Crippen LogP contribution in [0, 0.1) is 51.3 Å². The van der Waals surface area contributed by atoms with E-state index in [9.17, 15) is 9.50 Å². The first-order valence-corrected chi connectivity index (χ1v) is 9.00. The fraction of sp³-hybridized carbons (Fsp3) is 0.700. The van der Waals surface area contributed by atoms with Crippen LogP contribution in [0.25, 0.3) is 0 Å². The molecule has 3 heterocycles. The summed E-state index contributed by atoms with van der Waals surface area (Å²) in [7, 11) is 0. The van der Waals surface area contributed by atoms with Crippen LogP contribution in [0.3, 0.4) is 0 Å². The third kappa shape index (κ3) is 2.12. The summed E-state index contributed by atoms with van der Waals surface area (Å²) in [6.45, 7) is 11.2. The van der Waals surface area contributed by atoms with E-state index in [1.165, 1.54) is 12.1 Å². The molecular formula is C20H28FNO. The number of hydrogen-bond acceptors (Lipinski definition) is 2. The lowest BCUT2D eigenvalue weighted by molar-refractivity contribution is -0.182. The summed E-state index contributed by atoms with van der Waals surface area (Å²) < 4.78 is 15.0. The van der Waals surface area contributed by atoms with Gasteiger partial charge in [0.15, 0.2) is 0 Å². The van der Waals surface area contributed by atoms with Crippen molar-refractivity contribution >= 4 is 0 Å². The third-order valence-corrected chi connectivity index (χ3v) is 7.32. The zero-order valence-corrected chi connectivity index (χ0v) is 14.7. The van der Waals surface area contributed by atoms with Crippen LogP contribution < -0.4 is 0 Å². The Hall–Kier alpha value is -0.930. The van der Waals surface area contributed by atoms with E-state index < -0.39 is 5.60 Å². The van der Waals surface area contributed by atoms with Gasteiger partial charge in [0, 0.05) is 37.9 Å². The molecule has 0 aromatic heterocycles. The van der Waals surface area contributed by atoms with Gasteiger partial charge in [0.05, 0.1) is 5.60 Å². The highest BCUT2D eigenvalue weighted by Crippen LogP contribution is 2.51. The molecule has 5 atom stereocenters. The summed E-state index contributed by atoms with van der Waals surface area (Å²) in [5, 5.41) is 11.5. The predicted octanol–water partition coefficient (Wildman–Crippen LogP) is 3.30. The highest BCUT2D eigenvalue weighted by molar-refractivity contribution is 5.45. The first kappa shape index (κ1) is 15.6. The number of rotatable bonds is 2. The molecule has 126 valence electrons. The summed E-state index contributed by atoms with van der Waals surface area (Å²) in [4.78, 5) is 2.51. The van der Waals surface area contributed by atoms with Crippen molar-refractivity contribution in [3.05, 3.63) is 33.6 Å². The molecule has 4 unspecified atom stereocenters. The molecule has 1 saturated carbocycles. The normalized spacial score (nSPS) is 38.3. The summed E-state index contributed by atoms with van der Waals surface area (Å²) in [5.41, 5.74) is 4.05. The smallest absolute Gasteiger partial charge is 0.129 e. The average Bonchev–Trinajstić information content (AvgIpc) is 2.52. The Kier molecular flexibility index (Phi) is 3.41. The summed E-state index contributed by atoms with van der Waals surface area (Å²) in [5.74, 6) is 1.29. The molecule has 4 aliphatic rings. The van der Waals surface area contributed by atoms with Gasteiger partial charge in [0.25, 0.3) is 0 Å². The quantitative estimate of drug-likeness (QED) is 0.904. The summed E-state index contributed by atoms with van der Waals surface area (Å²) >= 11 is 0. The molecule has 3 heteroatoms. The van der Waals surface area contributed by atoms with E-state index in [1.54, 1.807) is 0 Å². The van der Waals surface area contributed by atoms with Crippen LogP contribution >= 0.6 is 0 Å². The van der Waals surface area contributed by atoms with Crippen molar-refractivity contribution in [3.8, 4) is 0 Å². The maximum absolute atomic E-state index is 15.0. The van der Waals surface area contributed by atoms with E-state index in [4.69, 9.17) is 0 Å². The molecular weight excluding hydrogens is 289 g/mol. The van der Waals surface area contributed by atoms with Crippen LogP contribution in [-0.4, -0.2) is 35.2 Å². The lowest BCUT2D eigenvalue weighted by Crippen LogP contribution is -2.67. The van der Waals surface area contributed by atoms with Gasteiger partial charge in [-0.15, -0.1) is 0 Å². The van der Waals surface area contributed by atoms with Gasteiger partial charge in [-0.1, -0.05) is 0 Å². The standard InChI is InChI=1S/C20H28FNO/c1-11-12(2)14(4)19(21)18(13(11)3)7-20(23)16-5-15-6-17(20)10-22(8-15)9-16/h15-17,23H,5-10H2,1-4H3/t15?,16-,17?,20?/m0/s1. The molecule has 1 aliphatic carbocycles. The van der Waals surface area contributed by atoms with Crippen LogP contribution in [0.5, 0.6) is 0 Å². The SMILES string of the molecule is Cc1c(C)c(C)c(CC2(O)C3CC4C[C@H]2CN(C4)C3)c(F)c1C. The zero-order valence-electron chi connectivity index (χ0n) is 14.7. The third-order valence-electron chi connectivity index (χ3n) is 7.32. The molecule has 0 spiro atoms. The summed E-state index contributed by atoms with van der Waals surface area (Å²) in [6, 6.07) is 0. The largest absolute Gasteiger partial charge is 0.389 e. The van der Waals surface area contributed by atoms with Crippen molar-refractivity contribution in [2.75, 3.05) is 19.6 Å². The average molecular weight is 317 g/mol. The van der Waals surface area contributed by atoms with Gasteiger partial charge in [-0.05, 0) is 74.3 Å². The molecule has 1 aromatic rings. The molecule has 23 heavy (non-hydrogen) atoms. The minimum Gasteiger partial charge on any atom is -0.389 e. The zero-order chi connectivity index (χ0) is 16.5. The first-order valence-electron chi connectivity index (χ1n) is 9.00. The van der Waals surface area contributed by atoms with E-state index in [-0.39, 0.29) is 5.82 Å². The number of halogens is 1. The molecule has 3 aliphatic heterocycles. The molecule has 3 saturated heterocycles. The van der Waals surface area contributed by atoms with Gasteiger partial charge in [-0.3, -0.25) is 0 Å². The number of nitrogens with zero attached hydrogens (tertiary/aromatic N) is 1. The molecule has 1 N–H and O–H groups in total. The van der Waals surface area contributed by atoms with Crippen molar-refractivity contribution in [2.45, 2.75) is 52.6 Å². The van der Waals surface area contributed by atoms with E-state index in [0.29, 0.717) is 18.3 Å². The Morgan fingerprint density at radius 3 is 2.09 bits per heavy atom. The monoisotopic (exact) mass is 317 g/mol. The number of benzene rings is 1. The van der Waals surface area contributed by atoms with Crippen LogP contribution in [0.2, 0.25) is 0 Å². The second-order valence-corrected chi connectivity index (χ2v) is 8.41. The lowest BCUT2D eigenvalue weighted by atomic mass is 9.57. The van der Waals surface area contributed by atoms with Gasteiger partial charge < -0.3 is 10.0 Å². The Balaban J connectivity index is 1.74. The maximum atomic E-state index is 15.0. The Morgan fingerprint density at radius 2 is 1.52 bits per heavy atom. The minimum atomic E-state index is -0.715. The van der Waals surface area contributed by atoms with Gasteiger partial charge >= 0.3 is 0 Å². The molecule has 0 amide bonds. The Labute approximate surface area is 138 Å². The molecule has 4 fully saturated rings. The van der Waals surface area contributed by atoms with Crippen LogP contribution in [0.4, 0.5) is 4.39 Å². The fourth-order valence-electron chi connectivity index (χ4n) is 5.60. The first-order chi connectivity index (χ1) is 10.8. The van der Waals surface area contributed by atoms with Crippen molar-refractivity contribution in [2.24, 2.45) is 17.8 Å².